The number of aryl methyl sites for hydroxylation is 2. The molecule has 0 saturated heterocycles. The van der Waals surface area contributed by atoms with Crippen molar-refractivity contribution in [3.05, 3.63) is 99.9 Å². The van der Waals surface area contributed by atoms with Crippen molar-refractivity contribution < 1.29 is 4.79 Å². The number of carbonyl (C=O) groups is 1. The van der Waals surface area contributed by atoms with Crippen molar-refractivity contribution in [2.45, 2.75) is 33.2 Å². The molecule has 0 atom stereocenters. The van der Waals surface area contributed by atoms with Crippen molar-refractivity contribution in [2.75, 3.05) is 6.54 Å². The lowest BCUT2D eigenvalue weighted by atomic mass is 9.95. The van der Waals surface area contributed by atoms with E-state index in [1.165, 1.54) is 27.8 Å². The van der Waals surface area contributed by atoms with E-state index in [1.807, 2.05) is 12.1 Å². The summed E-state index contributed by atoms with van der Waals surface area (Å²) in [5.74, 6) is -0.449. The van der Waals surface area contributed by atoms with E-state index >= 15 is 0 Å². The van der Waals surface area contributed by atoms with Gasteiger partial charge in [0.1, 0.15) is 0 Å². The number of primary amides is 1. The first-order chi connectivity index (χ1) is 13.5. The Bertz CT molecular complexity index is 911. The van der Waals surface area contributed by atoms with Gasteiger partial charge in [0.25, 0.3) is 0 Å². The molecule has 1 heterocycles. The topological polar surface area (TPSA) is 68.0 Å². The number of nitrogens with one attached hydrogen (secondary N) is 1. The van der Waals surface area contributed by atoms with E-state index in [9.17, 15) is 4.79 Å². The maximum Gasteiger partial charge on any atom is 0.250 e. The lowest BCUT2D eigenvalue weighted by molar-refractivity contribution is 0.1000. The minimum absolute atomic E-state index is 0.439. The summed E-state index contributed by atoms with van der Waals surface area (Å²) in [4.78, 5) is 15.6. The van der Waals surface area contributed by atoms with Crippen LogP contribution in [-0.2, 0) is 19.4 Å². The van der Waals surface area contributed by atoms with E-state index in [-0.39, 0.29) is 0 Å². The van der Waals surface area contributed by atoms with E-state index in [2.05, 4.69) is 60.5 Å². The molecular formula is C24H27N3O. The van der Waals surface area contributed by atoms with Gasteiger partial charge in [-0.2, -0.15) is 0 Å². The highest BCUT2D eigenvalue weighted by Crippen LogP contribution is 2.20. The van der Waals surface area contributed by atoms with Gasteiger partial charge in [0.05, 0.1) is 5.56 Å². The molecule has 0 bridgehead atoms. The largest absolute Gasteiger partial charge is 0.366 e. The molecule has 0 aliphatic heterocycles. The summed E-state index contributed by atoms with van der Waals surface area (Å²) >= 11 is 0. The maximum atomic E-state index is 11.2. The second-order valence-corrected chi connectivity index (χ2v) is 7.20. The van der Waals surface area contributed by atoms with Crippen LogP contribution in [0.2, 0.25) is 0 Å². The molecule has 1 aromatic heterocycles. The molecule has 1 amide bonds. The van der Waals surface area contributed by atoms with Gasteiger partial charge in [0, 0.05) is 24.9 Å². The standard InChI is InChI=1S/C24H27N3O/c1-17-12-20(15-26-11-10-19-6-4-3-5-7-19)13-18(2)23(17)14-22-9-8-21(16-27-22)24(25)28/h3-9,12-13,16,26H,10-11,14-15H2,1-2H3,(H2,25,28). The molecule has 3 N–H and O–H groups in total. The predicted octanol–water partition coefficient (Wildman–Crippen LogP) is 3.72. The molecule has 4 heteroatoms. The van der Waals surface area contributed by atoms with Gasteiger partial charge in [-0.05, 0) is 66.8 Å². The first-order valence-electron chi connectivity index (χ1n) is 9.61. The van der Waals surface area contributed by atoms with Crippen LogP contribution in [0.1, 0.15) is 43.9 Å². The van der Waals surface area contributed by atoms with Crippen molar-refractivity contribution in [1.29, 1.82) is 0 Å². The fourth-order valence-corrected chi connectivity index (χ4v) is 3.43. The van der Waals surface area contributed by atoms with Crippen LogP contribution in [0.25, 0.3) is 0 Å². The third kappa shape index (κ3) is 5.27. The van der Waals surface area contributed by atoms with Crippen LogP contribution >= 0.6 is 0 Å². The Hall–Kier alpha value is -2.98. The van der Waals surface area contributed by atoms with Gasteiger partial charge in [0.2, 0.25) is 5.91 Å². The SMILES string of the molecule is Cc1cc(CNCCc2ccccc2)cc(C)c1Cc1ccc(C(N)=O)cn1. The molecule has 0 saturated carbocycles. The van der Waals surface area contributed by atoms with Crippen LogP contribution in [0.4, 0.5) is 0 Å². The van der Waals surface area contributed by atoms with Crippen LogP contribution in [0.3, 0.4) is 0 Å². The van der Waals surface area contributed by atoms with Crippen molar-refractivity contribution in [1.82, 2.24) is 10.3 Å². The molecule has 0 fully saturated rings. The molecule has 3 rings (SSSR count). The Morgan fingerprint density at radius 3 is 2.32 bits per heavy atom. The minimum Gasteiger partial charge on any atom is -0.366 e. The smallest absolute Gasteiger partial charge is 0.250 e. The number of nitrogens with zero attached hydrogens (tertiary/aromatic N) is 1. The Labute approximate surface area is 166 Å². The van der Waals surface area contributed by atoms with Gasteiger partial charge in [-0.1, -0.05) is 42.5 Å². The molecule has 4 nitrogen and oxygen atoms in total. The molecule has 0 aliphatic carbocycles. The number of hydrogen-bond donors (Lipinski definition) is 2. The second-order valence-electron chi connectivity index (χ2n) is 7.20. The van der Waals surface area contributed by atoms with Gasteiger partial charge >= 0.3 is 0 Å². The number of pyridine rings is 1. The highest BCUT2D eigenvalue weighted by Gasteiger charge is 2.08. The molecule has 0 radical (unpaired) electrons. The van der Waals surface area contributed by atoms with Gasteiger partial charge < -0.3 is 11.1 Å². The third-order valence-electron chi connectivity index (χ3n) is 4.99. The monoisotopic (exact) mass is 373 g/mol. The molecule has 3 aromatic rings. The zero-order chi connectivity index (χ0) is 19.9. The summed E-state index contributed by atoms with van der Waals surface area (Å²) in [6, 6.07) is 18.6. The van der Waals surface area contributed by atoms with E-state index in [0.717, 1.165) is 31.6 Å². The van der Waals surface area contributed by atoms with Crippen LogP contribution in [-0.4, -0.2) is 17.4 Å². The molecule has 144 valence electrons. The van der Waals surface area contributed by atoms with E-state index in [4.69, 9.17) is 5.73 Å². The average molecular weight is 374 g/mol. The summed E-state index contributed by atoms with van der Waals surface area (Å²) < 4.78 is 0. The maximum absolute atomic E-state index is 11.2. The number of rotatable bonds is 8. The van der Waals surface area contributed by atoms with Crippen molar-refractivity contribution in [2.24, 2.45) is 5.73 Å². The fraction of sp³-hybridized carbons (Fsp3) is 0.250. The highest BCUT2D eigenvalue weighted by molar-refractivity contribution is 5.92. The highest BCUT2D eigenvalue weighted by atomic mass is 16.1. The van der Waals surface area contributed by atoms with Crippen LogP contribution in [0.15, 0.2) is 60.8 Å². The summed E-state index contributed by atoms with van der Waals surface area (Å²) in [6.07, 6.45) is 3.33. The van der Waals surface area contributed by atoms with E-state index in [0.29, 0.717) is 5.56 Å². The van der Waals surface area contributed by atoms with Crippen molar-refractivity contribution in [3.63, 3.8) is 0 Å². The Morgan fingerprint density at radius 2 is 1.71 bits per heavy atom. The Morgan fingerprint density at radius 1 is 1.00 bits per heavy atom. The quantitative estimate of drug-likeness (QED) is 0.591. The predicted molar refractivity (Wildman–Crippen MR) is 113 cm³/mol. The lowest BCUT2D eigenvalue weighted by Crippen LogP contribution is -2.17. The summed E-state index contributed by atoms with van der Waals surface area (Å²) in [5, 5.41) is 3.53. The van der Waals surface area contributed by atoms with Gasteiger partial charge in [-0.25, -0.2) is 0 Å². The number of amides is 1. The first-order valence-corrected chi connectivity index (χ1v) is 9.61. The molecular weight excluding hydrogens is 346 g/mol. The Balaban J connectivity index is 1.59. The van der Waals surface area contributed by atoms with Crippen molar-refractivity contribution in [3.8, 4) is 0 Å². The zero-order valence-electron chi connectivity index (χ0n) is 16.5. The van der Waals surface area contributed by atoms with Gasteiger partial charge in [-0.15, -0.1) is 0 Å². The molecule has 2 aromatic carbocycles. The van der Waals surface area contributed by atoms with Crippen molar-refractivity contribution >= 4 is 5.91 Å². The number of hydrogen-bond acceptors (Lipinski definition) is 3. The summed E-state index contributed by atoms with van der Waals surface area (Å²) in [6.45, 7) is 6.11. The van der Waals surface area contributed by atoms with Crippen LogP contribution in [0.5, 0.6) is 0 Å². The fourth-order valence-electron chi connectivity index (χ4n) is 3.43. The summed E-state index contributed by atoms with van der Waals surface area (Å²) in [5.41, 5.74) is 13.1. The second kappa shape index (κ2) is 9.29. The number of aromatic nitrogens is 1. The van der Waals surface area contributed by atoms with E-state index in [1.54, 1.807) is 12.3 Å². The van der Waals surface area contributed by atoms with E-state index < -0.39 is 5.91 Å². The molecule has 0 aliphatic rings. The number of nitrogens with two attached hydrogens (primary N) is 1. The third-order valence-corrected chi connectivity index (χ3v) is 4.99. The number of benzene rings is 2. The molecule has 28 heavy (non-hydrogen) atoms. The van der Waals surface area contributed by atoms with Crippen LogP contribution in [0, 0.1) is 13.8 Å². The lowest BCUT2D eigenvalue weighted by Gasteiger charge is -2.13. The summed E-state index contributed by atoms with van der Waals surface area (Å²) in [7, 11) is 0. The van der Waals surface area contributed by atoms with Crippen LogP contribution < -0.4 is 11.1 Å². The zero-order valence-corrected chi connectivity index (χ0v) is 16.5. The molecule has 0 spiro atoms. The Kier molecular flexibility index (Phi) is 6.56. The number of carbonyl (C=O) groups excluding carboxylic acids is 1. The normalized spacial score (nSPS) is 10.8. The first kappa shape index (κ1) is 19.8. The van der Waals surface area contributed by atoms with Gasteiger partial charge in [0.15, 0.2) is 0 Å². The average Bonchev–Trinajstić information content (AvgIpc) is 2.69. The van der Waals surface area contributed by atoms with Gasteiger partial charge in [-0.3, -0.25) is 9.78 Å². The minimum atomic E-state index is -0.449. The molecule has 0 unspecified atom stereocenters.